The number of nitrogens with one attached hydrogen (secondary N) is 1. The summed E-state index contributed by atoms with van der Waals surface area (Å²) in [7, 11) is 1.57. The predicted octanol–water partition coefficient (Wildman–Crippen LogP) is 1.15. The second kappa shape index (κ2) is 6.01. The van der Waals surface area contributed by atoms with E-state index < -0.39 is 6.10 Å². The maximum atomic E-state index is 11.6. The Morgan fingerprint density at radius 3 is 2.74 bits per heavy atom. The number of carbonyl (C=O) groups is 1. The van der Waals surface area contributed by atoms with Crippen LogP contribution in [0.5, 0.6) is 5.75 Å². The molecule has 1 aromatic heterocycles. The van der Waals surface area contributed by atoms with E-state index in [1.54, 1.807) is 31.4 Å². The van der Waals surface area contributed by atoms with Crippen LogP contribution >= 0.6 is 0 Å². The van der Waals surface area contributed by atoms with Crippen molar-refractivity contribution in [2.45, 2.75) is 6.10 Å². The Kier molecular flexibility index (Phi) is 4.15. The SMILES string of the molecule is COc1ccc(C(O)CNC(=O)c2ccon2)cc1. The first kappa shape index (κ1) is 13.1. The summed E-state index contributed by atoms with van der Waals surface area (Å²) < 4.78 is 9.59. The Bertz CT molecular complexity index is 522. The van der Waals surface area contributed by atoms with Crippen molar-refractivity contribution in [2.24, 2.45) is 0 Å². The fourth-order valence-corrected chi connectivity index (χ4v) is 1.55. The lowest BCUT2D eigenvalue weighted by Crippen LogP contribution is -2.28. The largest absolute Gasteiger partial charge is 0.497 e. The molecule has 0 bridgehead atoms. The van der Waals surface area contributed by atoms with Gasteiger partial charge in [0.25, 0.3) is 5.91 Å². The molecule has 0 aliphatic rings. The van der Waals surface area contributed by atoms with Gasteiger partial charge in [0.2, 0.25) is 0 Å². The molecule has 1 heterocycles. The molecule has 0 aliphatic heterocycles. The number of aromatic nitrogens is 1. The standard InChI is InChI=1S/C13H14N2O4/c1-18-10-4-2-9(3-5-10)12(16)8-14-13(17)11-6-7-19-15-11/h2-7,12,16H,8H2,1H3,(H,14,17). The van der Waals surface area contributed by atoms with Gasteiger partial charge in [0, 0.05) is 12.6 Å². The van der Waals surface area contributed by atoms with Crippen LogP contribution in [0.1, 0.15) is 22.2 Å². The number of nitrogens with zero attached hydrogens (tertiary/aromatic N) is 1. The summed E-state index contributed by atoms with van der Waals surface area (Å²) in [6, 6.07) is 8.43. The van der Waals surface area contributed by atoms with E-state index >= 15 is 0 Å². The molecule has 100 valence electrons. The molecule has 19 heavy (non-hydrogen) atoms. The second-order valence-corrected chi connectivity index (χ2v) is 3.88. The zero-order valence-electron chi connectivity index (χ0n) is 10.4. The highest BCUT2D eigenvalue weighted by Gasteiger charge is 2.12. The Morgan fingerprint density at radius 1 is 1.42 bits per heavy atom. The third kappa shape index (κ3) is 3.32. The third-order valence-corrected chi connectivity index (χ3v) is 2.63. The van der Waals surface area contributed by atoms with E-state index in [0.717, 1.165) is 0 Å². The summed E-state index contributed by atoms with van der Waals surface area (Å²) in [6.45, 7) is 0.0953. The maximum Gasteiger partial charge on any atom is 0.273 e. The monoisotopic (exact) mass is 262 g/mol. The van der Waals surface area contributed by atoms with Gasteiger partial charge in [-0.25, -0.2) is 0 Å². The zero-order chi connectivity index (χ0) is 13.7. The normalized spacial score (nSPS) is 11.9. The number of ether oxygens (including phenoxy) is 1. The third-order valence-electron chi connectivity index (χ3n) is 2.63. The number of amides is 1. The van der Waals surface area contributed by atoms with Gasteiger partial charge in [-0.2, -0.15) is 0 Å². The van der Waals surface area contributed by atoms with Gasteiger partial charge in [-0.05, 0) is 17.7 Å². The van der Waals surface area contributed by atoms with Crippen LogP contribution in [0.4, 0.5) is 0 Å². The Labute approximate surface area is 110 Å². The van der Waals surface area contributed by atoms with E-state index in [9.17, 15) is 9.90 Å². The molecule has 1 unspecified atom stereocenters. The summed E-state index contributed by atoms with van der Waals surface area (Å²) in [5.74, 6) is 0.323. The van der Waals surface area contributed by atoms with Crippen molar-refractivity contribution < 1.29 is 19.2 Å². The highest BCUT2D eigenvalue weighted by Crippen LogP contribution is 2.16. The summed E-state index contributed by atoms with van der Waals surface area (Å²) in [5, 5.41) is 16.0. The first-order valence-corrected chi connectivity index (χ1v) is 5.71. The summed E-state index contributed by atoms with van der Waals surface area (Å²) in [5.41, 5.74) is 0.878. The Morgan fingerprint density at radius 2 is 2.16 bits per heavy atom. The number of carbonyl (C=O) groups excluding carboxylic acids is 1. The molecule has 2 N–H and O–H groups in total. The van der Waals surface area contributed by atoms with Crippen molar-refractivity contribution >= 4 is 5.91 Å². The first-order valence-electron chi connectivity index (χ1n) is 5.71. The molecule has 1 atom stereocenters. The molecule has 0 saturated carbocycles. The van der Waals surface area contributed by atoms with Gasteiger partial charge in [0.15, 0.2) is 5.69 Å². The average molecular weight is 262 g/mol. The number of hydrogen-bond acceptors (Lipinski definition) is 5. The number of aliphatic hydroxyl groups excluding tert-OH is 1. The number of rotatable bonds is 5. The van der Waals surface area contributed by atoms with E-state index in [0.29, 0.717) is 11.3 Å². The van der Waals surface area contributed by atoms with Gasteiger partial charge in [-0.3, -0.25) is 4.79 Å². The Hall–Kier alpha value is -2.34. The molecule has 1 amide bonds. The van der Waals surface area contributed by atoms with E-state index in [2.05, 4.69) is 15.0 Å². The van der Waals surface area contributed by atoms with Gasteiger partial charge in [0.05, 0.1) is 13.2 Å². The molecule has 0 aliphatic carbocycles. The van der Waals surface area contributed by atoms with Crippen molar-refractivity contribution in [2.75, 3.05) is 13.7 Å². The summed E-state index contributed by atoms with van der Waals surface area (Å²) >= 11 is 0. The molecule has 2 aromatic rings. The van der Waals surface area contributed by atoms with Crippen molar-refractivity contribution in [3.63, 3.8) is 0 Å². The van der Waals surface area contributed by atoms with Crippen molar-refractivity contribution in [3.05, 3.63) is 47.9 Å². The van der Waals surface area contributed by atoms with Crippen molar-refractivity contribution in [3.8, 4) is 5.75 Å². The van der Waals surface area contributed by atoms with Crippen LogP contribution in [-0.4, -0.2) is 29.8 Å². The topological polar surface area (TPSA) is 84.6 Å². The number of benzene rings is 1. The number of hydrogen-bond donors (Lipinski definition) is 2. The minimum Gasteiger partial charge on any atom is -0.497 e. The van der Waals surface area contributed by atoms with E-state index in [-0.39, 0.29) is 18.1 Å². The van der Waals surface area contributed by atoms with Gasteiger partial charge < -0.3 is 19.7 Å². The molecule has 1 aromatic carbocycles. The molecule has 6 heteroatoms. The van der Waals surface area contributed by atoms with Crippen LogP contribution < -0.4 is 10.1 Å². The van der Waals surface area contributed by atoms with Crippen LogP contribution in [0.15, 0.2) is 41.1 Å². The summed E-state index contributed by atoms with van der Waals surface area (Å²) in [6.07, 6.45) is 0.524. The van der Waals surface area contributed by atoms with Crippen LogP contribution in [0.25, 0.3) is 0 Å². The second-order valence-electron chi connectivity index (χ2n) is 3.88. The maximum absolute atomic E-state index is 11.6. The molecule has 0 spiro atoms. The highest BCUT2D eigenvalue weighted by molar-refractivity contribution is 5.91. The van der Waals surface area contributed by atoms with E-state index in [4.69, 9.17) is 4.74 Å². The quantitative estimate of drug-likeness (QED) is 0.844. The lowest BCUT2D eigenvalue weighted by atomic mass is 10.1. The molecule has 0 radical (unpaired) electrons. The predicted molar refractivity (Wildman–Crippen MR) is 66.8 cm³/mol. The Balaban J connectivity index is 1.90. The summed E-state index contributed by atoms with van der Waals surface area (Å²) in [4.78, 5) is 11.6. The first-order chi connectivity index (χ1) is 9.20. The fraction of sp³-hybridized carbons (Fsp3) is 0.231. The zero-order valence-corrected chi connectivity index (χ0v) is 10.4. The lowest BCUT2D eigenvalue weighted by Gasteiger charge is -2.12. The van der Waals surface area contributed by atoms with E-state index in [1.165, 1.54) is 12.3 Å². The smallest absolute Gasteiger partial charge is 0.273 e. The molecule has 2 rings (SSSR count). The highest BCUT2D eigenvalue weighted by atomic mass is 16.5. The lowest BCUT2D eigenvalue weighted by molar-refractivity contribution is 0.0907. The van der Waals surface area contributed by atoms with Gasteiger partial charge in [-0.15, -0.1) is 0 Å². The van der Waals surface area contributed by atoms with Gasteiger partial charge >= 0.3 is 0 Å². The molecule has 0 fully saturated rings. The van der Waals surface area contributed by atoms with E-state index in [1.807, 2.05) is 0 Å². The van der Waals surface area contributed by atoms with Gasteiger partial charge in [0.1, 0.15) is 12.0 Å². The van der Waals surface area contributed by atoms with Crippen LogP contribution in [0.3, 0.4) is 0 Å². The van der Waals surface area contributed by atoms with Crippen LogP contribution in [0.2, 0.25) is 0 Å². The van der Waals surface area contributed by atoms with Crippen molar-refractivity contribution in [1.29, 1.82) is 0 Å². The van der Waals surface area contributed by atoms with Gasteiger partial charge in [-0.1, -0.05) is 17.3 Å². The minimum atomic E-state index is -0.790. The molecular formula is C13H14N2O4. The number of aliphatic hydroxyl groups is 1. The van der Waals surface area contributed by atoms with Crippen LogP contribution in [0, 0.1) is 0 Å². The number of methoxy groups -OCH3 is 1. The van der Waals surface area contributed by atoms with Crippen molar-refractivity contribution in [1.82, 2.24) is 10.5 Å². The molecule has 6 nitrogen and oxygen atoms in total. The van der Waals surface area contributed by atoms with Crippen LogP contribution in [-0.2, 0) is 0 Å². The molecular weight excluding hydrogens is 248 g/mol. The minimum absolute atomic E-state index is 0.0953. The molecule has 0 saturated heterocycles. The fourth-order valence-electron chi connectivity index (χ4n) is 1.55. The average Bonchev–Trinajstić information content (AvgIpc) is 2.98.